The molecule has 0 aromatic heterocycles. The summed E-state index contributed by atoms with van der Waals surface area (Å²) in [5, 5.41) is 11.8. The first-order chi connectivity index (χ1) is 9.45. The second-order valence-corrected chi connectivity index (χ2v) is 5.52. The van der Waals surface area contributed by atoms with Crippen LogP contribution < -0.4 is 5.32 Å². The van der Waals surface area contributed by atoms with Gasteiger partial charge in [-0.3, -0.25) is 0 Å². The summed E-state index contributed by atoms with van der Waals surface area (Å²) in [6.45, 7) is 4.97. The lowest BCUT2D eigenvalue weighted by Gasteiger charge is -2.29. The fraction of sp³-hybridized carbons (Fsp3) is 0.857. The molecular weight excluding hydrogens is 260 g/mol. The highest BCUT2D eigenvalue weighted by Crippen LogP contribution is 2.14. The number of amides is 2. The van der Waals surface area contributed by atoms with Crippen LogP contribution >= 0.6 is 0 Å². The van der Waals surface area contributed by atoms with Gasteiger partial charge in [-0.1, -0.05) is 20.3 Å². The van der Waals surface area contributed by atoms with Gasteiger partial charge in [-0.25, -0.2) is 9.59 Å². The molecule has 6 nitrogen and oxygen atoms in total. The average molecular weight is 286 g/mol. The molecule has 0 saturated carbocycles. The minimum absolute atomic E-state index is 0.0615. The number of carboxylic acids is 1. The third-order valence-electron chi connectivity index (χ3n) is 3.86. The molecule has 6 heteroatoms. The lowest BCUT2D eigenvalue weighted by Crippen LogP contribution is -2.51. The van der Waals surface area contributed by atoms with Crippen LogP contribution in [0.25, 0.3) is 0 Å². The molecule has 1 aliphatic rings. The van der Waals surface area contributed by atoms with Crippen molar-refractivity contribution in [1.82, 2.24) is 10.2 Å². The zero-order valence-corrected chi connectivity index (χ0v) is 12.6. The smallest absolute Gasteiger partial charge is 0.326 e. The molecule has 1 aliphatic heterocycles. The van der Waals surface area contributed by atoms with Crippen LogP contribution in [0.1, 0.15) is 39.5 Å². The monoisotopic (exact) mass is 286 g/mol. The Morgan fingerprint density at radius 1 is 1.45 bits per heavy atom. The van der Waals surface area contributed by atoms with Crippen LogP contribution in [-0.4, -0.2) is 54.4 Å². The zero-order valence-electron chi connectivity index (χ0n) is 12.6. The van der Waals surface area contributed by atoms with Gasteiger partial charge in [-0.05, 0) is 25.2 Å². The SMILES string of the molecule is CC[C@H](C)[C@H](NC(=O)N(C)CC1CCCCO1)C(=O)O. The van der Waals surface area contributed by atoms with Crippen molar-refractivity contribution in [2.45, 2.75) is 51.7 Å². The highest BCUT2D eigenvalue weighted by atomic mass is 16.5. The Hall–Kier alpha value is -1.30. The van der Waals surface area contributed by atoms with Crippen molar-refractivity contribution in [1.29, 1.82) is 0 Å². The Labute approximate surface area is 120 Å². The van der Waals surface area contributed by atoms with Crippen molar-refractivity contribution < 1.29 is 19.4 Å². The predicted molar refractivity (Wildman–Crippen MR) is 75.6 cm³/mol. The largest absolute Gasteiger partial charge is 0.480 e. The molecule has 2 amide bonds. The Kier molecular flexibility index (Phi) is 6.78. The molecule has 1 rings (SSSR count). The normalized spacial score (nSPS) is 21.9. The maximum absolute atomic E-state index is 12.0. The molecule has 1 fully saturated rings. The van der Waals surface area contributed by atoms with Gasteiger partial charge in [-0.15, -0.1) is 0 Å². The highest BCUT2D eigenvalue weighted by Gasteiger charge is 2.27. The third-order valence-corrected chi connectivity index (χ3v) is 3.86. The number of ether oxygens (including phenoxy) is 1. The van der Waals surface area contributed by atoms with Crippen molar-refractivity contribution in [2.24, 2.45) is 5.92 Å². The number of likely N-dealkylation sites (N-methyl/N-ethyl adjacent to an activating group) is 1. The molecule has 1 saturated heterocycles. The molecule has 0 aromatic rings. The Balaban J connectivity index is 2.48. The molecule has 1 unspecified atom stereocenters. The number of carbonyl (C=O) groups excluding carboxylic acids is 1. The van der Waals surface area contributed by atoms with Crippen LogP contribution in [0.15, 0.2) is 0 Å². The Morgan fingerprint density at radius 2 is 2.15 bits per heavy atom. The van der Waals surface area contributed by atoms with Crippen LogP contribution in [0.3, 0.4) is 0 Å². The lowest BCUT2D eigenvalue weighted by molar-refractivity contribution is -0.140. The third kappa shape index (κ3) is 5.00. The number of carbonyl (C=O) groups is 2. The van der Waals surface area contributed by atoms with Crippen LogP contribution in [-0.2, 0) is 9.53 Å². The van der Waals surface area contributed by atoms with Gasteiger partial charge in [0, 0.05) is 20.2 Å². The minimum Gasteiger partial charge on any atom is -0.480 e. The number of hydrogen-bond acceptors (Lipinski definition) is 3. The van der Waals surface area contributed by atoms with E-state index in [4.69, 9.17) is 9.84 Å². The first kappa shape index (κ1) is 16.8. The molecule has 2 N–H and O–H groups in total. The predicted octanol–water partition coefficient (Wildman–Crippen LogP) is 1.70. The van der Waals surface area contributed by atoms with Crippen molar-refractivity contribution in [3.8, 4) is 0 Å². The molecule has 116 valence electrons. The van der Waals surface area contributed by atoms with E-state index in [1.165, 1.54) is 4.90 Å². The van der Waals surface area contributed by atoms with E-state index in [1.54, 1.807) is 7.05 Å². The lowest BCUT2D eigenvalue weighted by atomic mass is 9.99. The fourth-order valence-corrected chi connectivity index (χ4v) is 2.27. The molecule has 3 atom stereocenters. The molecular formula is C14H26N2O4. The first-order valence-corrected chi connectivity index (χ1v) is 7.31. The number of nitrogens with zero attached hydrogens (tertiary/aromatic N) is 1. The van der Waals surface area contributed by atoms with Gasteiger partial charge < -0.3 is 20.1 Å². The molecule has 20 heavy (non-hydrogen) atoms. The molecule has 1 heterocycles. The number of hydrogen-bond donors (Lipinski definition) is 2. The number of nitrogens with one attached hydrogen (secondary N) is 1. The highest BCUT2D eigenvalue weighted by molar-refractivity contribution is 5.82. The van der Waals surface area contributed by atoms with E-state index in [1.807, 2.05) is 13.8 Å². The standard InChI is InChI=1S/C14H26N2O4/c1-4-10(2)12(13(17)18)15-14(19)16(3)9-11-7-5-6-8-20-11/h10-12H,4-9H2,1-3H3,(H,15,19)(H,17,18)/t10-,11?,12-/m0/s1. The summed E-state index contributed by atoms with van der Waals surface area (Å²) in [6, 6.07) is -1.20. The van der Waals surface area contributed by atoms with E-state index in [-0.39, 0.29) is 18.1 Å². The van der Waals surface area contributed by atoms with Crippen LogP contribution in [0.4, 0.5) is 4.79 Å². The molecule has 0 radical (unpaired) electrons. The van der Waals surface area contributed by atoms with Gasteiger partial charge in [0.15, 0.2) is 0 Å². The van der Waals surface area contributed by atoms with E-state index in [9.17, 15) is 9.59 Å². The van der Waals surface area contributed by atoms with Crippen molar-refractivity contribution >= 4 is 12.0 Å². The van der Waals surface area contributed by atoms with Gasteiger partial charge in [0.1, 0.15) is 6.04 Å². The number of rotatable bonds is 6. The Bertz CT molecular complexity index is 329. The van der Waals surface area contributed by atoms with Gasteiger partial charge >= 0.3 is 12.0 Å². The molecule has 0 bridgehead atoms. The summed E-state index contributed by atoms with van der Waals surface area (Å²) in [5.41, 5.74) is 0. The van der Waals surface area contributed by atoms with Crippen LogP contribution in [0, 0.1) is 5.92 Å². The van der Waals surface area contributed by atoms with Crippen LogP contribution in [0.2, 0.25) is 0 Å². The first-order valence-electron chi connectivity index (χ1n) is 7.31. The zero-order chi connectivity index (χ0) is 15.1. The molecule has 0 aliphatic carbocycles. The van der Waals surface area contributed by atoms with Gasteiger partial charge in [-0.2, -0.15) is 0 Å². The van der Waals surface area contributed by atoms with E-state index >= 15 is 0 Å². The second kappa shape index (κ2) is 8.09. The van der Waals surface area contributed by atoms with Crippen LogP contribution in [0.5, 0.6) is 0 Å². The number of urea groups is 1. The fourth-order valence-electron chi connectivity index (χ4n) is 2.27. The maximum Gasteiger partial charge on any atom is 0.326 e. The topological polar surface area (TPSA) is 78.9 Å². The number of carboxylic acid groups (broad SMARTS) is 1. The van der Waals surface area contributed by atoms with Gasteiger partial charge in [0.05, 0.1) is 6.10 Å². The van der Waals surface area contributed by atoms with Gasteiger partial charge in [0.2, 0.25) is 0 Å². The second-order valence-electron chi connectivity index (χ2n) is 5.52. The van der Waals surface area contributed by atoms with E-state index in [2.05, 4.69) is 5.32 Å². The van der Waals surface area contributed by atoms with Crippen molar-refractivity contribution in [2.75, 3.05) is 20.2 Å². The summed E-state index contributed by atoms with van der Waals surface area (Å²) in [5.74, 6) is -1.09. The van der Waals surface area contributed by atoms with E-state index in [0.29, 0.717) is 13.0 Å². The quantitative estimate of drug-likeness (QED) is 0.779. The van der Waals surface area contributed by atoms with Gasteiger partial charge in [0.25, 0.3) is 0 Å². The average Bonchev–Trinajstić information content (AvgIpc) is 2.44. The van der Waals surface area contributed by atoms with Crippen molar-refractivity contribution in [3.63, 3.8) is 0 Å². The summed E-state index contributed by atoms with van der Waals surface area (Å²) in [6.07, 6.45) is 3.90. The number of aliphatic carboxylic acids is 1. The summed E-state index contributed by atoms with van der Waals surface area (Å²) < 4.78 is 5.58. The van der Waals surface area contributed by atoms with E-state index in [0.717, 1.165) is 25.9 Å². The van der Waals surface area contributed by atoms with E-state index < -0.39 is 12.0 Å². The summed E-state index contributed by atoms with van der Waals surface area (Å²) >= 11 is 0. The molecule has 0 aromatic carbocycles. The molecule has 0 spiro atoms. The summed E-state index contributed by atoms with van der Waals surface area (Å²) in [7, 11) is 1.67. The van der Waals surface area contributed by atoms with Crippen molar-refractivity contribution in [3.05, 3.63) is 0 Å². The Morgan fingerprint density at radius 3 is 2.65 bits per heavy atom. The maximum atomic E-state index is 12.0. The summed E-state index contributed by atoms with van der Waals surface area (Å²) in [4.78, 5) is 24.7. The minimum atomic E-state index is -0.991.